The van der Waals surface area contributed by atoms with Gasteiger partial charge in [-0.05, 0) is 31.5 Å². The summed E-state index contributed by atoms with van der Waals surface area (Å²) >= 11 is 3.21. The van der Waals surface area contributed by atoms with Crippen LogP contribution in [-0.4, -0.2) is 30.2 Å². The van der Waals surface area contributed by atoms with Crippen LogP contribution >= 0.6 is 15.9 Å². The predicted molar refractivity (Wildman–Crippen MR) is 75.4 cm³/mol. The number of methoxy groups -OCH3 is 1. The first-order valence-electron chi connectivity index (χ1n) is 5.79. The number of rotatable bonds is 6. The summed E-state index contributed by atoms with van der Waals surface area (Å²) in [7, 11) is 1.59. The second-order valence-electron chi connectivity index (χ2n) is 4.17. The molecular weight excluding hydrogens is 314 g/mol. The zero-order valence-electron chi connectivity index (χ0n) is 10.8. The molecule has 1 aromatic rings. The zero-order valence-corrected chi connectivity index (χ0v) is 12.4. The number of ether oxygens (including phenoxy) is 1. The minimum Gasteiger partial charge on any atom is -0.478 e. The highest BCUT2D eigenvalue weighted by Crippen LogP contribution is 2.20. The smallest absolute Gasteiger partial charge is 0.335 e. The Morgan fingerprint density at radius 1 is 1.42 bits per heavy atom. The molecule has 0 spiro atoms. The summed E-state index contributed by atoms with van der Waals surface area (Å²) in [5.74, 6) is -1.21. The van der Waals surface area contributed by atoms with E-state index in [1.165, 1.54) is 12.1 Å². The molecular formula is C13H16BrNO4. The highest BCUT2D eigenvalue weighted by Gasteiger charge is 2.09. The molecule has 1 aromatic carbocycles. The Morgan fingerprint density at radius 3 is 2.68 bits per heavy atom. The maximum absolute atomic E-state index is 11.7. The highest BCUT2D eigenvalue weighted by molar-refractivity contribution is 9.10. The average molecular weight is 330 g/mol. The van der Waals surface area contributed by atoms with Crippen LogP contribution < -0.4 is 5.32 Å². The number of carboxylic acids is 1. The molecule has 1 unspecified atom stereocenters. The summed E-state index contributed by atoms with van der Waals surface area (Å²) in [6, 6.07) is 4.56. The van der Waals surface area contributed by atoms with E-state index in [2.05, 4.69) is 21.2 Å². The van der Waals surface area contributed by atoms with Gasteiger partial charge in [0.25, 0.3) is 0 Å². The van der Waals surface area contributed by atoms with E-state index < -0.39 is 5.97 Å². The van der Waals surface area contributed by atoms with Crippen LogP contribution in [0.4, 0.5) is 5.69 Å². The SMILES string of the molecule is COC(C)CCC(=O)Nc1cc(Br)cc(C(=O)O)c1. The molecule has 1 amide bonds. The van der Waals surface area contributed by atoms with E-state index in [0.717, 1.165) is 0 Å². The normalized spacial score (nSPS) is 11.9. The third kappa shape index (κ3) is 5.40. The average Bonchev–Trinajstić information content (AvgIpc) is 2.35. The largest absolute Gasteiger partial charge is 0.478 e. The van der Waals surface area contributed by atoms with Crippen LogP contribution in [0.1, 0.15) is 30.1 Å². The summed E-state index contributed by atoms with van der Waals surface area (Å²) < 4.78 is 5.66. The highest BCUT2D eigenvalue weighted by atomic mass is 79.9. The van der Waals surface area contributed by atoms with Gasteiger partial charge in [-0.15, -0.1) is 0 Å². The van der Waals surface area contributed by atoms with E-state index in [1.807, 2.05) is 6.92 Å². The van der Waals surface area contributed by atoms with Crippen LogP contribution in [0.3, 0.4) is 0 Å². The quantitative estimate of drug-likeness (QED) is 0.841. The van der Waals surface area contributed by atoms with Crippen molar-refractivity contribution in [3.8, 4) is 0 Å². The van der Waals surface area contributed by atoms with Crippen molar-refractivity contribution in [3.63, 3.8) is 0 Å². The van der Waals surface area contributed by atoms with Crippen LogP contribution in [0.25, 0.3) is 0 Å². The number of nitrogens with one attached hydrogen (secondary N) is 1. The molecule has 1 atom stereocenters. The molecule has 0 aromatic heterocycles. The molecule has 0 saturated carbocycles. The third-order valence-electron chi connectivity index (χ3n) is 2.61. The van der Waals surface area contributed by atoms with E-state index >= 15 is 0 Å². The number of amides is 1. The summed E-state index contributed by atoms with van der Waals surface area (Å²) in [6.45, 7) is 1.88. The fourth-order valence-electron chi connectivity index (χ4n) is 1.46. The van der Waals surface area contributed by atoms with E-state index in [-0.39, 0.29) is 17.6 Å². The maximum atomic E-state index is 11.7. The Hall–Kier alpha value is -1.40. The summed E-state index contributed by atoms with van der Waals surface area (Å²) in [5, 5.41) is 11.6. The Bertz CT molecular complexity index is 476. The minimum atomic E-state index is -1.04. The standard InChI is InChI=1S/C13H16BrNO4/c1-8(19-2)3-4-12(16)15-11-6-9(13(17)18)5-10(14)7-11/h5-8H,3-4H2,1-2H3,(H,15,16)(H,17,18). The predicted octanol–water partition coefficient (Wildman–Crippen LogP) is 2.90. The van der Waals surface area contributed by atoms with Gasteiger partial charge in [-0.3, -0.25) is 4.79 Å². The Balaban J connectivity index is 2.66. The molecule has 5 nitrogen and oxygen atoms in total. The van der Waals surface area contributed by atoms with Crippen molar-refractivity contribution in [1.29, 1.82) is 0 Å². The molecule has 0 saturated heterocycles. The summed E-state index contributed by atoms with van der Waals surface area (Å²) in [5.41, 5.74) is 0.580. The molecule has 0 radical (unpaired) electrons. The lowest BCUT2D eigenvalue weighted by molar-refractivity contribution is -0.116. The number of aromatic carboxylic acids is 1. The van der Waals surface area contributed by atoms with Gasteiger partial charge in [0.05, 0.1) is 11.7 Å². The van der Waals surface area contributed by atoms with Crippen molar-refractivity contribution in [1.82, 2.24) is 0 Å². The molecule has 2 N–H and O–H groups in total. The second-order valence-corrected chi connectivity index (χ2v) is 5.08. The van der Waals surface area contributed by atoms with Gasteiger partial charge in [0, 0.05) is 23.7 Å². The Kier molecular flexibility index (Phi) is 5.98. The van der Waals surface area contributed by atoms with E-state index in [0.29, 0.717) is 23.0 Å². The molecule has 6 heteroatoms. The van der Waals surface area contributed by atoms with Crippen molar-refractivity contribution in [2.45, 2.75) is 25.9 Å². The monoisotopic (exact) mass is 329 g/mol. The van der Waals surface area contributed by atoms with Crippen molar-refractivity contribution in [2.75, 3.05) is 12.4 Å². The molecule has 1 rings (SSSR count). The van der Waals surface area contributed by atoms with Gasteiger partial charge in [0.2, 0.25) is 5.91 Å². The molecule has 0 heterocycles. The van der Waals surface area contributed by atoms with E-state index in [4.69, 9.17) is 9.84 Å². The Morgan fingerprint density at radius 2 is 2.11 bits per heavy atom. The number of carbonyl (C=O) groups is 2. The van der Waals surface area contributed by atoms with Crippen LogP contribution in [0.15, 0.2) is 22.7 Å². The van der Waals surface area contributed by atoms with Gasteiger partial charge >= 0.3 is 5.97 Å². The van der Waals surface area contributed by atoms with Gasteiger partial charge in [-0.1, -0.05) is 15.9 Å². The first-order valence-corrected chi connectivity index (χ1v) is 6.58. The fourth-order valence-corrected chi connectivity index (χ4v) is 1.95. The minimum absolute atomic E-state index is 0.0165. The molecule has 0 aliphatic rings. The molecule has 0 fully saturated rings. The number of hydrogen-bond donors (Lipinski definition) is 2. The topological polar surface area (TPSA) is 75.6 Å². The Labute approximate surface area is 120 Å². The fraction of sp³-hybridized carbons (Fsp3) is 0.385. The number of anilines is 1. The molecule has 0 bridgehead atoms. The van der Waals surface area contributed by atoms with Crippen LogP contribution in [0.2, 0.25) is 0 Å². The van der Waals surface area contributed by atoms with Gasteiger partial charge < -0.3 is 15.2 Å². The first-order chi connectivity index (χ1) is 8.92. The summed E-state index contributed by atoms with van der Waals surface area (Å²) in [6.07, 6.45) is 0.953. The number of benzene rings is 1. The number of carboxylic acid groups (broad SMARTS) is 1. The van der Waals surface area contributed by atoms with Crippen LogP contribution in [0.5, 0.6) is 0 Å². The van der Waals surface area contributed by atoms with E-state index in [9.17, 15) is 9.59 Å². The maximum Gasteiger partial charge on any atom is 0.335 e. The van der Waals surface area contributed by atoms with Crippen molar-refractivity contribution in [2.24, 2.45) is 0 Å². The van der Waals surface area contributed by atoms with Crippen LogP contribution in [0, 0.1) is 0 Å². The molecule has 0 aliphatic heterocycles. The lowest BCUT2D eigenvalue weighted by atomic mass is 10.2. The van der Waals surface area contributed by atoms with E-state index in [1.54, 1.807) is 13.2 Å². The second kappa shape index (κ2) is 7.25. The van der Waals surface area contributed by atoms with Crippen LogP contribution in [-0.2, 0) is 9.53 Å². The number of hydrogen-bond acceptors (Lipinski definition) is 3. The number of halogens is 1. The van der Waals surface area contributed by atoms with Gasteiger partial charge in [0.1, 0.15) is 0 Å². The number of carbonyl (C=O) groups excluding carboxylic acids is 1. The molecule has 0 aliphatic carbocycles. The molecule has 19 heavy (non-hydrogen) atoms. The lowest BCUT2D eigenvalue weighted by Crippen LogP contribution is -2.15. The van der Waals surface area contributed by atoms with Crippen molar-refractivity contribution < 1.29 is 19.4 Å². The van der Waals surface area contributed by atoms with Gasteiger partial charge in [-0.25, -0.2) is 4.79 Å². The van der Waals surface area contributed by atoms with Gasteiger partial charge in [-0.2, -0.15) is 0 Å². The third-order valence-corrected chi connectivity index (χ3v) is 3.07. The van der Waals surface area contributed by atoms with Gasteiger partial charge in [0.15, 0.2) is 0 Å². The lowest BCUT2D eigenvalue weighted by Gasteiger charge is -2.10. The first kappa shape index (κ1) is 15.7. The zero-order chi connectivity index (χ0) is 14.4. The van der Waals surface area contributed by atoms with Crippen molar-refractivity contribution >= 4 is 33.5 Å². The summed E-state index contributed by atoms with van der Waals surface area (Å²) in [4.78, 5) is 22.6. The van der Waals surface area contributed by atoms with Crippen molar-refractivity contribution in [3.05, 3.63) is 28.2 Å². The molecule has 104 valence electrons.